The number of hydrogen-bond donors (Lipinski definition) is 0. The number of halogens is 4. The quantitative estimate of drug-likeness (QED) is 0.366. The number of amides is 1. The van der Waals surface area contributed by atoms with Gasteiger partial charge in [-0.15, -0.1) is 0 Å². The van der Waals surface area contributed by atoms with Gasteiger partial charge in [-0.1, -0.05) is 29.8 Å². The van der Waals surface area contributed by atoms with Gasteiger partial charge in [0.25, 0.3) is 0 Å². The highest BCUT2D eigenvalue weighted by atomic mass is 35.5. The van der Waals surface area contributed by atoms with Crippen molar-refractivity contribution in [1.82, 2.24) is 9.88 Å². The molecule has 4 rings (SSSR count). The van der Waals surface area contributed by atoms with Crippen LogP contribution in [0.1, 0.15) is 43.0 Å². The summed E-state index contributed by atoms with van der Waals surface area (Å²) in [5.41, 5.74) is 1.78. The maximum absolute atomic E-state index is 12.9. The van der Waals surface area contributed by atoms with Crippen molar-refractivity contribution in [3.63, 3.8) is 0 Å². The second kappa shape index (κ2) is 9.81. The number of ether oxygens (including phenoxy) is 2. The number of carbonyl (C=O) groups excluding carboxylic acids is 1. The van der Waals surface area contributed by atoms with Crippen molar-refractivity contribution in [1.29, 1.82) is 0 Å². The lowest BCUT2D eigenvalue weighted by Crippen LogP contribution is -2.52. The van der Waals surface area contributed by atoms with Gasteiger partial charge in [0.2, 0.25) is 5.88 Å². The molecule has 9 heteroatoms. The molecule has 1 fully saturated rings. The second-order valence-corrected chi connectivity index (χ2v) is 10.5. The molecule has 1 amide bonds. The van der Waals surface area contributed by atoms with Crippen LogP contribution in [0.15, 0.2) is 42.5 Å². The van der Waals surface area contributed by atoms with Gasteiger partial charge in [0.05, 0.1) is 23.2 Å². The predicted molar refractivity (Wildman–Crippen MR) is 133 cm³/mol. The van der Waals surface area contributed by atoms with Crippen LogP contribution in [0.5, 0.6) is 5.88 Å². The van der Waals surface area contributed by atoms with Gasteiger partial charge < -0.3 is 14.4 Å². The maximum atomic E-state index is 12.9. The van der Waals surface area contributed by atoms with Gasteiger partial charge in [-0.05, 0) is 68.5 Å². The highest BCUT2D eigenvalue weighted by molar-refractivity contribution is 6.36. The average Bonchev–Trinajstić information content (AvgIpc) is 2.76. The molecule has 3 aromatic rings. The van der Waals surface area contributed by atoms with Crippen molar-refractivity contribution in [3.05, 3.63) is 69.7 Å². The van der Waals surface area contributed by atoms with Crippen molar-refractivity contribution in [3.8, 4) is 5.88 Å². The molecule has 36 heavy (non-hydrogen) atoms. The number of methoxy groups -OCH3 is 1. The van der Waals surface area contributed by atoms with Crippen LogP contribution in [0.25, 0.3) is 10.9 Å². The summed E-state index contributed by atoms with van der Waals surface area (Å²) < 4.78 is 49.6. The summed E-state index contributed by atoms with van der Waals surface area (Å²) in [5.74, 6) is 0.652. The van der Waals surface area contributed by atoms with Crippen LogP contribution in [0, 0.1) is 5.92 Å². The molecule has 0 saturated carbocycles. The van der Waals surface area contributed by atoms with Gasteiger partial charge in [-0.3, -0.25) is 0 Å². The minimum Gasteiger partial charge on any atom is -0.481 e. The van der Waals surface area contributed by atoms with Crippen molar-refractivity contribution >= 4 is 28.6 Å². The lowest BCUT2D eigenvalue weighted by molar-refractivity contribution is -0.137. The van der Waals surface area contributed by atoms with Gasteiger partial charge >= 0.3 is 12.3 Å². The zero-order chi connectivity index (χ0) is 26.3. The van der Waals surface area contributed by atoms with Crippen LogP contribution < -0.4 is 4.74 Å². The molecule has 0 atom stereocenters. The molecule has 2 heterocycles. The largest absolute Gasteiger partial charge is 0.481 e. The average molecular weight is 521 g/mol. The Morgan fingerprint density at radius 3 is 2.31 bits per heavy atom. The monoisotopic (exact) mass is 520 g/mol. The Hall–Kier alpha value is -3.00. The van der Waals surface area contributed by atoms with E-state index in [1.807, 2.05) is 39.0 Å². The molecule has 5 nitrogen and oxygen atoms in total. The summed E-state index contributed by atoms with van der Waals surface area (Å²) in [4.78, 5) is 18.5. The van der Waals surface area contributed by atoms with Gasteiger partial charge in [0.1, 0.15) is 5.60 Å². The Morgan fingerprint density at radius 2 is 1.72 bits per heavy atom. The Balaban J connectivity index is 1.52. The molecule has 0 aliphatic carbocycles. The molecule has 192 valence electrons. The Kier molecular flexibility index (Phi) is 7.10. The highest BCUT2D eigenvalue weighted by Crippen LogP contribution is 2.36. The van der Waals surface area contributed by atoms with Gasteiger partial charge in [0, 0.05) is 30.5 Å². The molecule has 1 aliphatic rings. The number of alkyl halides is 3. The molecular formula is C27H28ClF3N2O3. The lowest BCUT2D eigenvalue weighted by atomic mass is 9.91. The van der Waals surface area contributed by atoms with Crippen molar-refractivity contribution in [2.45, 2.75) is 45.4 Å². The summed E-state index contributed by atoms with van der Waals surface area (Å²) in [6.07, 6.45) is -3.64. The van der Waals surface area contributed by atoms with Crippen LogP contribution in [-0.2, 0) is 23.8 Å². The van der Waals surface area contributed by atoms with E-state index in [2.05, 4.69) is 4.98 Å². The van der Waals surface area contributed by atoms with Crippen molar-refractivity contribution in [2.24, 2.45) is 5.92 Å². The standard InChI is InChI=1S/C27H28ClF3N2O3/c1-26(2,3)36-25(34)33-14-18(15-33)11-17-7-10-22-20(13-17)23(28)21(24(32-22)35-4)12-16-5-8-19(9-6-16)27(29,30)31/h5-10,13,18H,11-12,14-15H2,1-4H3. The van der Waals surface area contributed by atoms with Crippen LogP contribution >= 0.6 is 11.6 Å². The third-order valence-corrected chi connectivity index (χ3v) is 6.46. The third-order valence-electron chi connectivity index (χ3n) is 6.03. The van der Waals surface area contributed by atoms with Crippen LogP contribution in [0.4, 0.5) is 18.0 Å². The summed E-state index contributed by atoms with van der Waals surface area (Å²) in [6.45, 7) is 6.78. The summed E-state index contributed by atoms with van der Waals surface area (Å²) >= 11 is 6.79. The number of likely N-dealkylation sites (tertiary alicyclic amines) is 1. The molecule has 0 bridgehead atoms. The smallest absolute Gasteiger partial charge is 0.416 e. The number of nitrogens with zero attached hydrogens (tertiary/aromatic N) is 2. The van der Waals surface area contributed by atoms with Crippen molar-refractivity contribution < 1.29 is 27.4 Å². The molecule has 0 unspecified atom stereocenters. The summed E-state index contributed by atoms with van der Waals surface area (Å²) in [5, 5.41) is 1.21. The Bertz CT molecular complexity index is 1260. The number of hydrogen-bond acceptors (Lipinski definition) is 4. The normalized spacial score (nSPS) is 14.6. The molecule has 0 N–H and O–H groups in total. The van der Waals surface area contributed by atoms with Crippen molar-refractivity contribution in [2.75, 3.05) is 20.2 Å². The maximum Gasteiger partial charge on any atom is 0.416 e. The van der Waals surface area contributed by atoms with Crippen LogP contribution in [0.2, 0.25) is 5.02 Å². The second-order valence-electron chi connectivity index (χ2n) is 10.1. The molecule has 2 aromatic carbocycles. The SMILES string of the molecule is COc1nc2ccc(CC3CN(C(=O)OC(C)(C)C)C3)cc2c(Cl)c1Cc1ccc(C(F)(F)F)cc1. The predicted octanol–water partition coefficient (Wildman–Crippen LogP) is 6.92. The van der Waals surface area contributed by atoms with Crippen LogP contribution in [0.3, 0.4) is 0 Å². The number of rotatable bonds is 5. The Labute approximate surface area is 213 Å². The molecule has 1 saturated heterocycles. The molecular weight excluding hydrogens is 493 g/mol. The fourth-order valence-corrected chi connectivity index (χ4v) is 4.56. The first-order valence-electron chi connectivity index (χ1n) is 11.6. The fourth-order valence-electron chi connectivity index (χ4n) is 4.26. The molecule has 0 radical (unpaired) electrons. The van der Waals surface area contributed by atoms with E-state index in [0.29, 0.717) is 46.6 Å². The molecule has 0 spiro atoms. The fraction of sp³-hybridized carbons (Fsp3) is 0.407. The van der Waals surface area contributed by atoms with E-state index >= 15 is 0 Å². The first kappa shape index (κ1) is 26.1. The number of fused-ring (bicyclic) bond motifs is 1. The minimum absolute atomic E-state index is 0.279. The van der Waals surface area contributed by atoms with E-state index in [1.54, 1.807) is 4.90 Å². The lowest BCUT2D eigenvalue weighted by Gasteiger charge is -2.40. The van der Waals surface area contributed by atoms with E-state index in [1.165, 1.54) is 19.2 Å². The van der Waals surface area contributed by atoms with E-state index < -0.39 is 17.3 Å². The molecule has 1 aromatic heterocycles. The van der Waals surface area contributed by atoms with Gasteiger partial charge in [-0.25, -0.2) is 9.78 Å². The topological polar surface area (TPSA) is 51.7 Å². The number of benzene rings is 2. The number of carbonyl (C=O) groups is 1. The van der Waals surface area contributed by atoms with E-state index in [9.17, 15) is 18.0 Å². The summed E-state index contributed by atoms with van der Waals surface area (Å²) in [7, 11) is 1.49. The van der Waals surface area contributed by atoms with Crippen LogP contribution in [-0.4, -0.2) is 41.8 Å². The highest BCUT2D eigenvalue weighted by Gasteiger charge is 2.34. The molecule has 1 aliphatic heterocycles. The van der Waals surface area contributed by atoms with E-state index in [0.717, 1.165) is 29.5 Å². The first-order chi connectivity index (χ1) is 16.8. The third kappa shape index (κ3) is 5.86. The minimum atomic E-state index is -4.39. The first-order valence-corrected chi connectivity index (χ1v) is 12.0. The number of pyridine rings is 1. The van der Waals surface area contributed by atoms with E-state index in [4.69, 9.17) is 21.1 Å². The zero-order valence-electron chi connectivity index (χ0n) is 20.6. The number of aromatic nitrogens is 1. The van der Waals surface area contributed by atoms with Gasteiger partial charge in [-0.2, -0.15) is 13.2 Å². The zero-order valence-corrected chi connectivity index (χ0v) is 21.3. The Morgan fingerprint density at radius 1 is 1.08 bits per heavy atom. The van der Waals surface area contributed by atoms with E-state index in [-0.39, 0.29) is 12.5 Å². The van der Waals surface area contributed by atoms with Gasteiger partial charge in [0.15, 0.2) is 0 Å². The summed E-state index contributed by atoms with van der Waals surface area (Å²) in [6, 6.07) is 10.8.